The van der Waals surface area contributed by atoms with Crippen molar-refractivity contribution in [1.29, 1.82) is 0 Å². The molecule has 2 N–H and O–H groups in total. The molecule has 7 heteroatoms. The molecule has 0 fully saturated rings. The van der Waals surface area contributed by atoms with Gasteiger partial charge in [-0.3, -0.25) is 9.71 Å². The number of hydrogen-bond acceptors (Lipinski definition) is 4. The van der Waals surface area contributed by atoms with E-state index in [4.69, 9.17) is 5.11 Å². The fraction of sp³-hybridized carbons (Fsp3) is 0.143. The van der Waals surface area contributed by atoms with E-state index >= 15 is 0 Å². The lowest BCUT2D eigenvalue weighted by molar-refractivity contribution is 0.0696. The molecule has 0 aliphatic rings. The van der Waals surface area contributed by atoms with Crippen molar-refractivity contribution in [2.45, 2.75) is 12.7 Å². The number of nitrogens with zero attached hydrogens (tertiary/aromatic N) is 1. The number of carboxylic acids is 1. The highest BCUT2D eigenvalue weighted by Gasteiger charge is 2.14. The lowest BCUT2D eigenvalue weighted by atomic mass is 10.1. The average Bonchev–Trinajstić information content (AvgIpc) is 2.41. The number of nitrogens with one attached hydrogen (secondary N) is 1. The molecule has 0 bridgehead atoms. The molecule has 110 valence electrons. The average molecular weight is 306 g/mol. The van der Waals surface area contributed by atoms with Gasteiger partial charge in [0.05, 0.1) is 17.0 Å². The Hall–Kier alpha value is -2.41. The summed E-state index contributed by atoms with van der Waals surface area (Å²) in [7, 11) is -3.62. The number of aryl methyl sites for hydroxylation is 1. The van der Waals surface area contributed by atoms with Crippen LogP contribution in [0.5, 0.6) is 0 Å². The molecule has 0 saturated heterocycles. The van der Waals surface area contributed by atoms with Gasteiger partial charge in [0.15, 0.2) is 0 Å². The van der Waals surface area contributed by atoms with E-state index < -0.39 is 16.0 Å². The van der Waals surface area contributed by atoms with Crippen molar-refractivity contribution in [3.63, 3.8) is 0 Å². The largest absolute Gasteiger partial charge is 0.478 e. The third-order valence-corrected chi connectivity index (χ3v) is 4.06. The first kappa shape index (κ1) is 15.0. The van der Waals surface area contributed by atoms with Crippen LogP contribution >= 0.6 is 0 Å². The number of rotatable bonds is 5. The van der Waals surface area contributed by atoms with Crippen molar-refractivity contribution in [2.75, 3.05) is 4.72 Å². The van der Waals surface area contributed by atoms with Crippen LogP contribution in [0.4, 0.5) is 5.69 Å². The van der Waals surface area contributed by atoms with Crippen molar-refractivity contribution in [3.05, 3.63) is 59.4 Å². The highest BCUT2D eigenvalue weighted by atomic mass is 32.2. The van der Waals surface area contributed by atoms with Crippen molar-refractivity contribution in [1.82, 2.24) is 4.98 Å². The molecule has 1 aromatic heterocycles. The topological polar surface area (TPSA) is 96.4 Å². The number of hydrogen-bond donors (Lipinski definition) is 2. The van der Waals surface area contributed by atoms with Crippen LogP contribution in [-0.2, 0) is 15.8 Å². The summed E-state index contributed by atoms with van der Waals surface area (Å²) in [5.41, 5.74) is 1.64. The Morgan fingerprint density at radius 1 is 1.33 bits per heavy atom. The number of carboxylic acid groups (broad SMARTS) is 1. The lowest BCUT2D eigenvalue weighted by Crippen LogP contribution is -2.16. The van der Waals surface area contributed by atoms with Crippen LogP contribution in [0.3, 0.4) is 0 Å². The van der Waals surface area contributed by atoms with Crippen molar-refractivity contribution < 1.29 is 18.3 Å². The van der Waals surface area contributed by atoms with Gasteiger partial charge in [-0.05, 0) is 36.2 Å². The summed E-state index contributed by atoms with van der Waals surface area (Å²) in [4.78, 5) is 14.8. The molecule has 0 spiro atoms. The molecule has 1 aromatic carbocycles. The van der Waals surface area contributed by atoms with Crippen LogP contribution in [0.25, 0.3) is 0 Å². The molecule has 0 amide bonds. The monoisotopic (exact) mass is 306 g/mol. The second-order valence-corrected chi connectivity index (χ2v) is 6.28. The summed E-state index contributed by atoms with van der Waals surface area (Å²) in [5, 5.41) is 8.91. The van der Waals surface area contributed by atoms with Gasteiger partial charge in [0.1, 0.15) is 0 Å². The Kier molecular flexibility index (Phi) is 4.23. The highest BCUT2D eigenvalue weighted by molar-refractivity contribution is 7.91. The first-order valence-corrected chi connectivity index (χ1v) is 7.76. The molecule has 0 unspecified atom stereocenters. The molecule has 2 aromatic rings. The zero-order valence-electron chi connectivity index (χ0n) is 11.3. The van der Waals surface area contributed by atoms with Gasteiger partial charge in [0.2, 0.25) is 10.0 Å². The minimum Gasteiger partial charge on any atom is -0.478 e. The van der Waals surface area contributed by atoms with Crippen LogP contribution in [0.2, 0.25) is 0 Å². The summed E-state index contributed by atoms with van der Waals surface area (Å²) in [6.45, 7) is 1.75. The van der Waals surface area contributed by atoms with Gasteiger partial charge >= 0.3 is 5.97 Å². The maximum absolute atomic E-state index is 12.1. The van der Waals surface area contributed by atoms with E-state index in [0.29, 0.717) is 16.8 Å². The number of aromatic nitrogens is 1. The first-order valence-electron chi connectivity index (χ1n) is 6.11. The van der Waals surface area contributed by atoms with Crippen LogP contribution in [0, 0.1) is 6.92 Å². The van der Waals surface area contributed by atoms with Crippen LogP contribution < -0.4 is 4.72 Å². The second kappa shape index (κ2) is 5.92. The van der Waals surface area contributed by atoms with Crippen molar-refractivity contribution in [3.8, 4) is 0 Å². The standard InChI is InChI=1S/C14H14N2O4S/c1-10-8-15-6-5-13(10)16-21(19,20)9-11-3-2-4-12(7-11)14(17)18/h2-8H,9H2,1H3,(H,15,16)(H,17,18). The van der Waals surface area contributed by atoms with Gasteiger partial charge in [-0.25, -0.2) is 13.2 Å². The highest BCUT2D eigenvalue weighted by Crippen LogP contribution is 2.16. The molecule has 2 rings (SSSR count). The smallest absolute Gasteiger partial charge is 0.335 e. The predicted octanol–water partition coefficient (Wildman–Crippen LogP) is 2.03. The van der Waals surface area contributed by atoms with Gasteiger partial charge in [0, 0.05) is 12.4 Å². The Bertz CT molecular complexity index is 772. The Labute approximate surface area is 122 Å². The minimum absolute atomic E-state index is 0.0581. The lowest BCUT2D eigenvalue weighted by Gasteiger charge is -2.10. The molecular formula is C14H14N2O4S. The molecule has 0 saturated carbocycles. The van der Waals surface area contributed by atoms with Gasteiger partial charge in [-0.2, -0.15) is 0 Å². The van der Waals surface area contributed by atoms with Gasteiger partial charge in [-0.1, -0.05) is 12.1 Å². The van der Waals surface area contributed by atoms with Crippen LogP contribution in [0.15, 0.2) is 42.7 Å². The van der Waals surface area contributed by atoms with Crippen molar-refractivity contribution >= 4 is 21.7 Å². The number of aromatic carboxylic acids is 1. The summed E-state index contributed by atoms with van der Waals surface area (Å²) in [6.07, 6.45) is 3.05. The second-order valence-electron chi connectivity index (χ2n) is 4.56. The van der Waals surface area contributed by atoms with E-state index in [9.17, 15) is 13.2 Å². The molecule has 6 nitrogen and oxygen atoms in total. The quantitative estimate of drug-likeness (QED) is 0.881. The Balaban J connectivity index is 2.20. The van der Waals surface area contributed by atoms with Gasteiger partial charge in [-0.15, -0.1) is 0 Å². The zero-order valence-corrected chi connectivity index (χ0v) is 12.1. The molecule has 1 heterocycles. The normalized spacial score (nSPS) is 11.1. The third-order valence-electron chi connectivity index (χ3n) is 2.82. The first-order chi connectivity index (χ1) is 9.87. The Morgan fingerprint density at radius 2 is 2.10 bits per heavy atom. The van der Waals surface area contributed by atoms with Crippen molar-refractivity contribution in [2.24, 2.45) is 0 Å². The maximum atomic E-state index is 12.1. The van der Waals surface area contributed by atoms with E-state index in [0.717, 1.165) is 0 Å². The molecule has 21 heavy (non-hydrogen) atoms. The number of carbonyl (C=O) groups is 1. The number of anilines is 1. The molecular weight excluding hydrogens is 292 g/mol. The van der Waals surface area contributed by atoms with E-state index in [-0.39, 0.29) is 11.3 Å². The summed E-state index contributed by atoms with van der Waals surface area (Å²) < 4.78 is 26.7. The van der Waals surface area contributed by atoms with E-state index in [1.54, 1.807) is 25.3 Å². The van der Waals surface area contributed by atoms with Gasteiger partial charge in [0.25, 0.3) is 0 Å². The minimum atomic E-state index is -3.62. The summed E-state index contributed by atoms with van der Waals surface area (Å²) in [5.74, 6) is -1.39. The van der Waals surface area contributed by atoms with Crippen LogP contribution in [0.1, 0.15) is 21.5 Å². The molecule has 0 aliphatic carbocycles. The number of benzene rings is 1. The van der Waals surface area contributed by atoms with E-state index in [1.165, 1.54) is 24.4 Å². The summed E-state index contributed by atoms with van der Waals surface area (Å²) in [6, 6.07) is 7.43. The number of pyridine rings is 1. The fourth-order valence-electron chi connectivity index (χ4n) is 1.81. The number of sulfonamides is 1. The molecule has 0 atom stereocenters. The maximum Gasteiger partial charge on any atom is 0.335 e. The zero-order chi connectivity index (χ0) is 15.5. The summed E-state index contributed by atoms with van der Waals surface area (Å²) >= 11 is 0. The van der Waals surface area contributed by atoms with E-state index in [2.05, 4.69) is 9.71 Å². The van der Waals surface area contributed by atoms with E-state index in [1.807, 2.05) is 0 Å². The van der Waals surface area contributed by atoms with Crippen LogP contribution in [-0.4, -0.2) is 24.5 Å². The Morgan fingerprint density at radius 3 is 2.76 bits per heavy atom. The van der Waals surface area contributed by atoms with Gasteiger partial charge < -0.3 is 5.11 Å². The third kappa shape index (κ3) is 4.03. The molecule has 0 aliphatic heterocycles. The molecule has 0 radical (unpaired) electrons. The predicted molar refractivity (Wildman–Crippen MR) is 78.6 cm³/mol. The fourth-order valence-corrected chi connectivity index (χ4v) is 3.06. The SMILES string of the molecule is Cc1cnccc1NS(=O)(=O)Cc1cccc(C(=O)O)c1.